The molecule has 3 nitrogen and oxygen atoms in total. The lowest BCUT2D eigenvalue weighted by molar-refractivity contribution is 0.0519. The Morgan fingerprint density at radius 3 is 2.70 bits per heavy atom. The van der Waals surface area contributed by atoms with Crippen molar-refractivity contribution in [3.8, 4) is 0 Å². The Kier molecular flexibility index (Phi) is 4.86. The lowest BCUT2D eigenvalue weighted by Gasteiger charge is -1.98. The standard InChI is InChI=1S/C14H14BrNO2.C2H6/c1-2-18-14(17)13-12(15)10-6-5-9(8-3-4-8)7-11(10)16-13;1-2/h5-8,16H,2-4H2,1H3;1-2H3. The van der Waals surface area contributed by atoms with Crippen LogP contribution < -0.4 is 0 Å². The first-order valence-corrected chi connectivity index (χ1v) is 7.98. The van der Waals surface area contributed by atoms with Gasteiger partial charge in [-0.05, 0) is 53.2 Å². The van der Waals surface area contributed by atoms with Crippen molar-refractivity contribution in [2.75, 3.05) is 6.61 Å². The fourth-order valence-corrected chi connectivity index (χ4v) is 2.80. The number of rotatable bonds is 3. The Morgan fingerprint density at radius 2 is 2.10 bits per heavy atom. The van der Waals surface area contributed by atoms with E-state index in [4.69, 9.17) is 4.74 Å². The molecule has 0 saturated heterocycles. The fraction of sp³-hybridized carbons (Fsp3) is 0.438. The van der Waals surface area contributed by atoms with Crippen LogP contribution in [0, 0.1) is 0 Å². The van der Waals surface area contributed by atoms with Crippen LogP contribution in [0.5, 0.6) is 0 Å². The molecule has 1 saturated carbocycles. The average Bonchev–Trinajstić information content (AvgIpc) is 3.26. The fourth-order valence-electron chi connectivity index (χ4n) is 2.20. The first kappa shape index (κ1) is 15.1. The largest absolute Gasteiger partial charge is 0.461 e. The van der Waals surface area contributed by atoms with Crippen molar-refractivity contribution in [3.63, 3.8) is 0 Å². The van der Waals surface area contributed by atoms with Gasteiger partial charge < -0.3 is 9.72 Å². The highest BCUT2D eigenvalue weighted by Gasteiger charge is 2.24. The minimum atomic E-state index is -0.312. The number of H-pyrrole nitrogens is 1. The van der Waals surface area contributed by atoms with Crippen molar-refractivity contribution in [1.29, 1.82) is 0 Å². The summed E-state index contributed by atoms with van der Waals surface area (Å²) in [5, 5.41) is 1.03. The van der Waals surface area contributed by atoms with Gasteiger partial charge in [0.1, 0.15) is 5.69 Å². The highest BCUT2D eigenvalue weighted by Crippen LogP contribution is 2.41. The molecule has 4 heteroatoms. The van der Waals surface area contributed by atoms with Gasteiger partial charge in [-0.1, -0.05) is 26.0 Å². The van der Waals surface area contributed by atoms with Gasteiger partial charge in [0.15, 0.2) is 0 Å². The molecule has 1 aromatic carbocycles. The van der Waals surface area contributed by atoms with E-state index in [0.29, 0.717) is 18.2 Å². The zero-order valence-corrected chi connectivity index (χ0v) is 13.7. The smallest absolute Gasteiger partial charge is 0.355 e. The molecule has 0 radical (unpaired) electrons. The predicted molar refractivity (Wildman–Crippen MR) is 85.3 cm³/mol. The Hall–Kier alpha value is -1.29. The first-order valence-electron chi connectivity index (χ1n) is 7.19. The van der Waals surface area contributed by atoms with Gasteiger partial charge >= 0.3 is 5.97 Å². The van der Waals surface area contributed by atoms with Crippen LogP contribution in [0.1, 0.15) is 55.6 Å². The van der Waals surface area contributed by atoms with Gasteiger partial charge in [0.25, 0.3) is 0 Å². The van der Waals surface area contributed by atoms with Crippen molar-refractivity contribution in [3.05, 3.63) is 33.9 Å². The first-order chi connectivity index (χ1) is 9.70. The summed E-state index contributed by atoms with van der Waals surface area (Å²) in [5.41, 5.74) is 2.85. The third-order valence-electron chi connectivity index (χ3n) is 3.29. The number of nitrogens with one attached hydrogen (secondary N) is 1. The number of halogens is 1. The van der Waals surface area contributed by atoms with Gasteiger partial charge in [0.05, 0.1) is 11.1 Å². The average molecular weight is 338 g/mol. The van der Waals surface area contributed by atoms with E-state index in [0.717, 1.165) is 15.4 Å². The maximum atomic E-state index is 11.8. The Bertz CT molecular complexity index is 614. The summed E-state index contributed by atoms with van der Waals surface area (Å²) in [6, 6.07) is 6.35. The van der Waals surface area contributed by atoms with Gasteiger partial charge in [-0.15, -0.1) is 0 Å². The molecule has 1 heterocycles. The molecule has 1 aliphatic carbocycles. The number of ether oxygens (including phenoxy) is 1. The molecule has 2 aromatic rings. The summed E-state index contributed by atoms with van der Waals surface area (Å²) >= 11 is 3.47. The molecule has 0 atom stereocenters. The summed E-state index contributed by atoms with van der Waals surface area (Å²) in [4.78, 5) is 14.9. The van der Waals surface area contributed by atoms with Crippen molar-refractivity contribution in [2.45, 2.75) is 39.5 Å². The normalized spacial score (nSPS) is 13.8. The SMILES string of the molecule is CC.CCOC(=O)c1[nH]c2cc(C3CC3)ccc2c1Br. The van der Waals surface area contributed by atoms with Crippen LogP contribution in [0.15, 0.2) is 22.7 Å². The second-order valence-corrected chi connectivity index (χ2v) is 5.41. The predicted octanol–water partition coefficient (Wildman–Crippen LogP) is 5.01. The molecule has 1 fully saturated rings. The molecule has 0 unspecified atom stereocenters. The molecule has 0 bridgehead atoms. The van der Waals surface area contributed by atoms with Gasteiger partial charge in [-0.3, -0.25) is 0 Å². The van der Waals surface area contributed by atoms with Crippen LogP contribution in [0.4, 0.5) is 0 Å². The van der Waals surface area contributed by atoms with Crippen LogP contribution in [0.2, 0.25) is 0 Å². The Morgan fingerprint density at radius 1 is 1.40 bits per heavy atom. The number of hydrogen-bond donors (Lipinski definition) is 1. The zero-order chi connectivity index (χ0) is 14.7. The number of esters is 1. The number of hydrogen-bond acceptors (Lipinski definition) is 2. The number of aromatic nitrogens is 1. The Balaban J connectivity index is 0.000000704. The van der Waals surface area contributed by atoms with Gasteiger partial charge in [-0.25, -0.2) is 4.79 Å². The van der Waals surface area contributed by atoms with E-state index >= 15 is 0 Å². The summed E-state index contributed by atoms with van der Waals surface area (Å²) in [6.07, 6.45) is 2.55. The van der Waals surface area contributed by atoms with Gasteiger partial charge in [0.2, 0.25) is 0 Å². The third-order valence-corrected chi connectivity index (χ3v) is 4.11. The van der Waals surface area contributed by atoms with E-state index in [1.807, 2.05) is 13.8 Å². The van der Waals surface area contributed by atoms with Crippen LogP contribution in [0.25, 0.3) is 10.9 Å². The molecule has 0 amide bonds. The minimum absolute atomic E-state index is 0.312. The van der Waals surface area contributed by atoms with Crippen LogP contribution in [-0.4, -0.2) is 17.6 Å². The lowest BCUT2D eigenvalue weighted by Crippen LogP contribution is -2.05. The molecule has 3 rings (SSSR count). The van der Waals surface area contributed by atoms with E-state index in [1.165, 1.54) is 18.4 Å². The Labute approximate surface area is 127 Å². The van der Waals surface area contributed by atoms with E-state index in [1.54, 1.807) is 6.92 Å². The monoisotopic (exact) mass is 337 g/mol. The number of benzene rings is 1. The van der Waals surface area contributed by atoms with Gasteiger partial charge in [0, 0.05) is 10.9 Å². The highest BCUT2D eigenvalue weighted by molar-refractivity contribution is 9.10. The second kappa shape index (κ2) is 6.44. The van der Waals surface area contributed by atoms with Crippen molar-refractivity contribution in [1.82, 2.24) is 4.98 Å². The summed E-state index contributed by atoms with van der Waals surface area (Å²) in [5.74, 6) is 0.399. The maximum Gasteiger partial charge on any atom is 0.355 e. The highest BCUT2D eigenvalue weighted by atomic mass is 79.9. The summed E-state index contributed by atoms with van der Waals surface area (Å²) in [7, 11) is 0. The third kappa shape index (κ3) is 2.90. The molecule has 0 aliphatic heterocycles. The van der Waals surface area contributed by atoms with Crippen LogP contribution in [0.3, 0.4) is 0 Å². The van der Waals surface area contributed by atoms with Crippen molar-refractivity contribution < 1.29 is 9.53 Å². The van der Waals surface area contributed by atoms with Crippen molar-refractivity contribution in [2.24, 2.45) is 0 Å². The van der Waals surface area contributed by atoms with E-state index in [-0.39, 0.29) is 5.97 Å². The molecule has 0 spiro atoms. The number of aromatic amines is 1. The van der Waals surface area contributed by atoms with Crippen molar-refractivity contribution >= 4 is 32.8 Å². The molecular formula is C16H20BrNO2. The molecule has 20 heavy (non-hydrogen) atoms. The second-order valence-electron chi connectivity index (χ2n) is 4.61. The van der Waals surface area contributed by atoms with E-state index in [9.17, 15) is 4.79 Å². The topological polar surface area (TPSA) is 42.1 Å². The van der Waals surface area contributed by atoms with Crippen LogP contribution >= 0.6 is 15.9 Å². The molecule has 1 aliphatic rings. The molecular weight excluding hydrogens is 318 g/mol. The molecule has 1 aromatic heterocycles. The molecule has 1 N–H and O–H groups in total. The van der Waals surface area contributed by atoms with Gasteiger partial charge in [-0.2, -0.15) is 0 Å². The van der Waals surface area contributed by atoms with Crippen LogP contribution in [-0.2, 0) is 4.74 Å². The quantitative estimate of drug-likeness (QED) is 0.799. The number of carbonyl (C=O) groups is 1. The summed E-state index contributed by atoms with van der Waals surface area (Å²) < 4.78 is 5.82. The van der Waals surface area contributed by atoms with E-state index < -0.39 is 0 Å². The lowest BCUT2D eigenvalue weighted by atomic mass is 10.1. The number of fused-ring (bicyclic) bond motifs is 1. The molecule has 108 valence electrons. The zero-order valence-electron chi connectivity index (χ0n) is 12.1. The summed E-state index contributed by atoms with van der Waals surface area (Å²) in [6.45, 7) is 6.19. The minimum Gasteiger partial charge on any atom is -0.461 e. The number of carbonyl (C=O) groups excluding carboxylic acids is 1. The maximum absolute atomic E-state index is 11.8. The van der Waals surface area contributed by atoms with E-state index in [2.05, 4.69) is 39.1 Å².